The Morgan fingerprint density at radius 3 is 2.53 bits per heavy atom. The molecule has 1 N–H and O–H groups in total. The molecule has 4 heterocycles. The van der Waals surface area contributed by atoms with Crippen molar-refractivity contribution in [3.63, 3.8) is 0 Å². The second-order valence-electron chi connectivity index (χ2n) is 7.23. The fourth-order valence-electron chi connectivity index (χ4n) is 3.66. The summed E-state index contributed by atoms with van der Waals surface area (Å²) in [6.45, 7) is 3.23. The molecule has 1 aliphatic heterocycles. The molecule has 0 bridgehead atoms. The lowest BCUT2D eigenvalue weighted by Crippen LogP contribution is -2.29. The fraction of sp³-hybridized carbons (Fsp3) is 0.130. The van der Waals surface area contributed by atoms with Crippen LogP contribution in [-0.4, -0.2) is 16.4 Å². The van der Waals surface area contributed by atoms with Gasteiger partial charge in [-0.25, -0.2) is 0 Å². The monoisotopic (exact) mass is 433 g/mol. The molecule has 0 saturated heterocycles. The van der Waals surface area contributed by atoms with Crippen molar-refractivity contribution in [2.45, 2.75) is 20.0 Å². The van der Waals surface area contributed by atoms with E-state index in [0.717, 1.165) is 28.4 Å². The number of aryl methyl sites for hydroxylation is 1. The number of aromatic nitrogens is 1. The fourth-order valence-corrected chi connectivity index (χ4v) is 5.40. The zero-order valence-corrected chi connectivity index (χ0v) is 17.9. The van der Waals surface area contributed by atoms with Gasteiger partial charge < -0.3 is 9.88 Å². The minimum atomic E-state index is -0.127. The van der Waals surface area contributed by atoms with Crippen LogP contribution in [0.4, 0.5) is 10.7 Å². The number of anilines is 2. The molecule has 7 heteroatoms. The zero-order chi connectivity index (χ0) is 20.7. The minimum absolute atomic E-state index is 0.0414. The molecule has 2 amide bonds. The van der Waals surface area contributed by atoms with E-state index in [1.165, 1.54) is 11.3 Å². The normalized spacial score (nSPS) is 12.8. The second kappa shape index (κ2) is 7.59. The summed E-state index contributed by atoms with van der Waals surface area (Å²) in [6, 6.07) is 15.2. The van der Waals surface area contributed by atoms with Gasteiger partial charge in [0, 0.05) is 28.7 Å². The smallest absolute Gasteiger partial charge is 0.265 e. The summed E-state index contributed by atoms with van der Waals surface area (Å²) >= 11 is 3.01. The lowest BCUT2D eigenvalue weighted by atomic mass is 10.1. The van der Waals surface area contributed by atoms with Crippen molar-refractivity contribution < 1.29 is 9.59 Å². The number of hydrogen-bond donors (Lipinski definition) is 1. The first-order chi connectivity index (χ1) is 14.6. The summed E-state index contributed by atoms with van der Waals surface area (Å²) in [4.78, 5) is 28.3. The number of fused-ring (bicyclic) bond motifs is 2. The highest BCUT2D eigenvalue weighted by atomic mass is 32.1. The minimum Gasteiger partial charge on any atom is -0.345 e. The average molecular weight is 434 g/mol. The van der Waals surface area contributed by atoms with Gasteiger partial charge in [-0.15, -0.1) is 22.7 Å². The number of carbonyl (C=O) groups excluding carboxylic acids is 2. The Kier molecular flexibility index (Phi) is 4.77. The molecule has 5 rings (SSSR count). The number of rotatable bonds is 3. The van der Waals surface area contributed by atoms with Gasteiger partial charge >= 0.3 is 0 Å². The SMILES string of the molecule is Cc1ccsc1C(=O)Nc1ccc(C(=O)N2Cc3cccn3Cc3ccsc32)cc1. The molecule has 0 aliphatic carbocycles. The Hall–Kier alpha value is -3.16. The van der Waals surface area contributed by atoms with Crippen molar-refractivity contribution in [2.75, 3.05) is 10.2 Å². The largest absolute Gasteiger partial charge is 0.345 e. The molecule has 1 aromatic carbocycles. The maximum Gasteiger partial charge on any atom is 0.265 e. The summed E-state index contributed by atoms with van der Waals surface area (Å²) < 4.78 is 2.18. The third kappa shape index (κ3) is 3.36. The number of hydrogen-bond acceptors (Lipinski definition) is 4. The quantitative estimate of drug-likeness (QED) is 0.472. The molecular formula is C23H19N3O2S2. The number of nitrogens with zero attached hydrogens (tertiary/aromatic N) is 2. The lowest BCUT2D eigenvalue weighted by molar-refractivity contribution is 0.0984. The molecule has 4 aromatic rings. The Bertz CT molecular complexity index is 1230. The first kappa shape index (κ1) is 18.8. The Morgan fingerprint density at radius 1 is 0.967 bits per heavy atom. The standard InChI is InChI=1S/C23H19N3O2S2/c1-15-8-11-29-20(15)21(27)24-18-6-4-16(5-7-18)22(28)26-14-19-3-2-10-25(19)13-17-9-12-30-23(17)26/h2-12H,13-14H2,1H3,(H,24,27). The molecule has 0 spiro atoms. The highest BCUT2D eigenvalue weighted by Crippen LogP contribution is 2.34. The van der Waals surface area contributed by atoms with E-state index in [1.807, 2.05) is 34.7 Å². The van der Waals surface area contributed by atoms with Crippen LogP contribution < -0.4 is 10.2 Å². The topological polar surface area (TPSA) is 54.3 Å². The Balaban J connectivity index is 1.38. The van der Waals surface area contributed by atoms with Crippen LogP contribution in [-0.2, 0) is 13.1 Å². The molecule has 1 aliphatic rings. The van der Waals surface area contributed by atoms with Crippen LogP contribution in [0.3, 0.4) is 0 Å². The van der Waals surface area contributed by atoms with Crippen LogP contribution >= 0.6 is 22.7 Å². The molecule has 0 saturated carbocycles. The highest BCUT2D eigenvalue weighted by Gasteiger charge is 2.26. The molecule has 30 heavy (non-hydrogen) atoms. The van der Waals surface area contributed by atoms with Gasteiger partial charge in [0.15, 0.2) is 0 Å². The first-order valence-corrected chi connectivity index (χ1v) is 11.3. The molecule has 5 nitrogen and oxygen atoms in total. The van der Waals surface area contributed by atoms with Crippen molar-refractivity contribution in [1.82, 2.24) is 4.57 Å². The van der Waals surface area contributed by atoms with Gasteiger partial charge in [-0.1, -0.05) is 0 Å². The van der Waals surface area contributed by atoms with Crippen LogP contribution in [0.15, 0.2) is 65.5 Å². The van der Waals surface area contributed by atoms with E-state index in [9.17, 15) is 9.59 Å². The van der Waals surface area contributed by atoms with E-state index in [2.05, 4.69) is 28.2 Å². The van der Waals surface area contributed by atoms with Gasteiger partial charge in [-0.2, -0.15) is 0 Å². The Labute approximate surface area is 182 Å². The predicted octanol–water partition coefficient (Wildman–Crippen LogP) is 5.38. The third-order valence-electron chi connectivity index (χ3n) is 5.26. The Morgan fingerprint density at radius 2 is 1.77 bits per heavy atom. The van der Waals surface area contributed by atoms with Crippen molar-refractivity contribution in [1.29, 1.82) is 0 Å². The van der Waals surface area contributed by atoms with Gasteiger partial charge in [-0.05, 0) is 71.8 Å². The number of amides is 2. The van der Waals surface area contributed by atoms with E-state index in [4.69, 9.17) is 0 Å². The van der Waals surface area contributed by atoms with Crippen LogP contribution in [0.5, 0.6) is 0 Å². The first-order valence-electron chi connectivity index (χ1n) is 9.58. The second-order valence-corrected chi connectivity index (χ2v) is 9.04. The van der Waals surface area contributed by atoms with Crippen molar-refractivity contribution in [2.24, 2.45) is 0 Å². The molecule has 0 fully saturated rings. The molecular weight excluding hydrogens is 414 g/mol. The number of benzene rings is 1. The summed E-state index contributed by atoms with van der Waals surface area (Å²) in [6.07, 6.45) is 2.05. The van der Waals surface area contributed by atoms with Crippen LogP contribution in [0, 0.1) is 6.92 Å². The molecule has 3 aromatic heterocycles. The van der Waals surface area contributed by atoms with Gasteiger partial charge in [0.05, 0.1) is 18.0 Å². The molecule has 0 unspecified atom stereocenters. The molecule has 0 radical (unpaired) electrons. The van der Waals surface area contributed by atoms with Crippen LogP contribution in [0.2, 0.25) is 0 Å². The summed E-state index contributed by atoms with van der Waals surface area (Å²) in [5.74, 6) is -0.168. The van der Waals surface area contributed by atoms with Crippen LogP contribution in [0.25, 0.3) is 0 Å². The van der Waals surface area contributed by atoms with Crippen molar-refractivity contribution >= 4 is 45.2 Å². The number of nitrogens with one attached hydrogen (secondary N) is 1. The molecule has 150 valence electrons. The van der Waals surface area contributed by atoms with E-state index in [-0.39, 0.29) is 11.8 Å². The van der Waals surface area contributed by atoms with E-state index >= 15 is 0 Å². The van der Waals surface area contributed by atoms with Gasteiger partial charge in [0.1, 0.15) is 5.00 Å². The van der Waals surface area contributed by atoms with E-state index < -0.39 is 0 Å². The lowest BCUT2D eigenvalue weighted by Gasteiger charge is -2.20. The van der Waals surface area contributed by atoms with E-state index in [1.54, 1.807) is 35.6 Å². The maximum absolute atomic E-state index is 13.3. The van der Waals surface area contributed by atoms with Crippen molar-refractivity contribution in [3.05, 3.63) is 92.7 Å². The summed E-state index contributed by atoms with van der Waals surface area (Å²) in [5, 5.41) is 7.84. The highest BCUT2D eigenvalue weighted by molar-refractivity contribution is 7.14. The maximum atomic E-state index is 13.3. The number of thiophene rings is 2. The van der Waals surface area contributed by atoms with Gasteiger partial charge in [0.2, 0.25) is 0 Å². The van der Waals surface area contributed by atoms with Crippen molar-refractivity contribution in [3.8, 4) is 0 Å². The van der Waals surface area contributed by atoms with Gasteiger partial charge in [-0.3, -0.25) is 14.5 Å². The zero-order valence-electron chi connectivity index (χ0n) is 16.3. The summed E-state index contributed by atoms with van der Waals surface area (Å²) in [5.41, 5.74) is 4.49. The van der Waals surface area contributed by atoms with E-state index in [0.29, 0.717) is 22.7 Å². The third-order valence-corrected chi connectivity index (χ3v) is 7.25. The predicted molar refractivity (Wildman–Crippen MR) is 122 cm³/mol. The van der Waals surface area contributed by atoms with Gasteiger partial charge in [0.25, 0.3) is 11.8 Å². The average Bonchev–Trinajstić information content (AvgIpc) is 3.47. The van der Waals surface area contributed by atoms with Crippen LogP contribution in [0.1, 0.15) is 36.9 Å². The molecule has 0 atom stereocenters. The summed E-state index contributed by atoms with van der Waals surface area (Å²) in [7, 11) is 0. The number of carbonyl (C=O) groups is 2.